The summed E-state index contributed by atoms with van der Waals surface area (Å²) in [6.45, 7) is 3.35. The van der Waals surface area contributed by atoms with Gasteiger partial charge in [0.15, 0.2) is 9.84 Å². The molecule has 0 aromatic carbocycles. The minimum absolute atomic E-state index is 0.0458. The summed E-state index contributed by atoms with van der Waals surface area (Å²) in [5.41, 5.74) is 0. The summed E-state index contributed by atoms with van der Waals surface area (Å²) in [5, 5.41) is 0. The average Bonchev–Trinajstić information content (AvgIpc) is 1.84. The molecule has 0 saturated heterocycles. The molecular weight excluding hydrogens is 180 g/mol. The van der Waals surface area contributed by atoms with Crippen LogP contribution in [0.25, 0.3) is 0 Å². The molecule has 0 spiro atoms. The third-order valence-electron chi connectivity index (χ3n) is 1.17. The van der Waals surface area contributed by atoms with Gasteiger partial charge in [-0.1, -0.05) is 13.8 Å². The van der Waals surface area contributed by atoms with Gasteiger partial charge in [-0.25, -0.2) is 8.42 Å². The van der Waals surface area contributed by atoms with Gasteiger partial charge in [0.25, 0.3) is 0 Å². The standard InChI is InChI=1S/C7H14O4S/c1-6(2)7(8)11-4-5-12(3,9)10/h6H,4-5H2,1-3H3. The SMILES string of the molecule is CC(C)C(=O)OCCS(C)(=O)=O. The van der Waals surface area contributed by atoms with E-state index in [2.05, 4.69) is 4.74 Å². The summed E-state index contributed by atoms with van der Waals surface area (Å²) >= 11 is 0. The first-order valence-corrected chi connectivity index (χ1v) is 5.73. The van der Waals surface area contributed by atoms with Gasteiger partial charge in [-0.2, -0.15) is 0 Å². The van der Waals surface area contributed by atoms with E-state index in [1.807, 2.05) is 0 Å². The van der Waals surface area contributed by atoms with Crippen LogP contribution in [-0.2, 0) is 19.4 Å². The molecule has 0 rings (SSSR count). The van der Waals surface area contributed by atoms with E-state index in [9.17, 15) is 13.2 Å². The fourth-order valence-electron chi connectivity index (χ4n) is 0.460. The van der Waals surface area contributed by atoms with Crippen molar-refractivity contribution in [3.63, 3.8) is 0 Å². The lowest BCUT2D eigenvalue weighted by Crippen LogP contribution is -2.17. The number of carbonyl (C=O) groups excluding carboxylic acids is 1. The highest BCUT2D eigenvalue weighted by Crippen LogP contribution is 1.95. The zero-order chi connectivity index (χ0) is 9.78. The van der Waals surface area contributed by atoms with Crippen molar-refractivity contribution in [3.8, 4) is 0 Å². The van der Waals surface area contributed by atoms with Crippen molar-refractivity contribution in [2.75, 3.05) is 18.6 Å². The molecule has 0 amide bonds. The summed E-state index contributed by atoms with van der Waals surface area (Å²) in [6, 6.07) is 0. The highest BCUT2D eigenvalue weighted by Gasteiger charge is 2.09. The van der Waals surface area contributed by atoms with Crippen molar-refractivity contribution in [2.24, 2.45) is 5.92 Å². The summed E-state index contributed by atoms with van der Waals surface area (Å²) in [4.78, 5) is 10.8. The van der Waals surface area contributed by atoms with Gasteiger partial charge in [0.1, 0.15) is 6.61 Å². The third kappa shape index (κ3) is 6.15. The molecule has 0 aliphatic heterocycles. The Morgan fingerprint density at radius 3 is 2.25 bits per heavy atom. The molecular formula is C7H14O4S. The minimum atomic E-state index is -3.02. The van der Waals surface area contributed by atoms with Gasteiger partial charge in [-0.05, 0) is 0 Å². The molecule has 0 N–H and O–H groups in total. The van der Waals surface area contributed by atoms with Crippen LogP contribution in [-0.4, -0.2) is 33.0 Å². The molecule has 12 heavy (non-hydrogen) atoms. The monoisotopic (exact) mass is 194 g/mol. The Morgan fingerprint density at radius 1 is 1.42 bits per heavy atom. The van der Waals surface area contributed by atoms with Gasteiger partial charge in [0, 0.05) is 6.26 Å². The van der Waals surface area contributed by atoms with Crippen LogP contribution in [0, 0.1) is 5.92 Å². The molecule has 0 aromatic heterocycles. The van der Waals surface area contributed by atoms with E-state index >= 15 is 0 Å². The second-order valence-electron chi connectivity index (χ2n) is 2.95. The van der Waals surface area contributed by atoms with Crippen molar-refractivity contribution < 1.29 is 17.9 Å². The van der Waals surface area contributed by atoms with Crippen LogP contribution in [0.5, 0.6) is 0 Å². The van der Waals surface area contributed by atoms with Crippen molar-refractivity contribution in [1.29, 1.82) is 0 Å². The Kier molecular flexibility index (Phi) is 4.23. The molecule has 72 valence electrons. The molecule has 4 nitrogen and oxygen atoms in total. The fourth-order valence-corrected chi connectivity index (χ4v) is 0.846. The van der Waals surface area contributed by atoms with Crippen LogP contribution in [0.15, 0.2) is 0 Å². The van der Waals surface area contributed by atoms with E-state index in [1.165, 1.54) is 0 Å². The highest BCUT2D eigenvalue weighted by atomic mass is 32.2. The molecule has 0 bridgehead atoms. The van der Waals surface area contributed by atoms with E-state index in [0.717, 1.165) is 6.26 Å². The maximum atomic E-state index is 10.8. The first-order chi connectivity index (χ1) is 5.33. The smallest absolute Gasteiger partial charge is 0.308 e. The first-order valence-electron chi connectivity index (χ1n) is 3.67. The maximum Gasteiger partial charge on any atom is 0.308 e. The number of hydrogen-bond donors (Lipinski definition) is 0. The first kappa shape index (κ1) is 11.4. The number of rotatable bonds is 4. The Labute approximate surface area is 72.8 Å². The zero-order valence-electron chi connectivity index (χ0n) is 7.53. The van der Waals surface area contributed by atoms with E-state index in [-0.39, 0.29) is 24.2 Å². The summed E-state index contributed by atoms with van der Waals surface area (Å²) in [7, 11) is -3.02. The van der Waals surface area contributed by atoms with Gasteiger partial charge in [0.2, 0.25) is 0 Å². The normalized spacial score (nSPS) is 11.7. The number of hydrogen-bond acceptors (Lipinski definition) is 4. The van der Waals surface area contributed by atoms with Gasteiger partial charge in [-0.15, -0.1) is 0 Å². The molecule has 0 atom stereocenters. The highest BCUT2D eigenvalue weighted by molar-refractivity contribution is 7.90. The van der Waals surface area contributed by atoms with Crippen molar-refractivity contribution in [2.45, 2.75) is 13.8 Å². The molecule has 0 aliphatic carbocycles. The number of esters is 1. The second-order valence-corrected chi connectivity index (χ2v) is 5.21. The largest absolute Gasteiger partial charge is 0.464 e. The summed E-state index contributed by atoms with van der Waals surface area (Å²) in [6.07, 6.45) is 1.11. The molecule has 0 radical (unpaired) electrons. The van der Waals surface area contributed by atoms with E-state index in [0.29, 0.717) is 0 Å². The molecule has 0 fully saturated rings. The summed E-state index contributed by atoms with van der Waals surface area (Å²) in [5.74, 6) is -0.672. The zero-order valence-corrected chi connectivity index (χ0v) is 8.35. The number of ether oxygens (including phenoxy) is 1. The van der Waals surface area contributed by atoms with E-state index < -0.39 is 9.84 Å². The molecule has 0 aromatic rings. The van der Waals surface area contributed by atoms with Gasteiger partial charge in [0.05, 0.1) is 11.7 Å². The molecule has 5 heteroatoms. The lowest BCUT2D eigenvalue weighted by atomic mass is 10.2. The van der Waals surface area contributed by atoms with Gasteiger partial charge >= 0.3 is 5.97 Å². The van der Waals surface area contributed by atoms with E-state index in [4.69, 9.17) is 0 Å². The van der Waals surface area contributed by atoms with Crippen LogP contribution in [0.4, 0.5) is 0 Å². The maximum absolute atomic E-state index is 10.8. The van der Waals surface area contributed by atoms with E-state index in [1.54, 1.807) is 13.8 Å². The van der Waals surface area contributed by atoms with Crippen LogP contribution >= 0.6 is 0 Å². The lowest BCUT2D eigenvalue weighted by Gasteiger charge is -2.05. The van der Waals surface area contributed by atoms with Gasteiger partial charge in [-0.3, -0.25) is 4.79 Å². The van der Waals surface area contributed by atoms with Crippen LogP contribution in [0.3, 0.4) is 0 Å². The number of sulfone groups is 1. The lowest BCUT2D eigenvalue weighted by molar-refractivity contribution is -0.146. The fraction of sp³-hybridized carbons (Fsp3) is 0.857. The molecule has 0 saturated carbocycles. The van der Waals surface area contributed by atoms with Crippen molar-refractivity contribution in [3.05, 3.63) is 0 Å². The predicted molar refractivity (Wildman–Crippen MR) is 45.5 cm³/mol. The minimum Gasteiger partial charge on any atom is -0.464 e. The van der Waals surface area contributed by atoms with Crippen molar-refractivity contribution >= 4 is 15.8 Å². The molecule has 0 unspecified atom stereocenters. The topological polar surface area (TPSA) is 60.4 Å². The Bertz CT molecular complexity index is 240. The average molecular weight is 194 g/mol. The quantitative estimate of drug-likeness (QED) is 0.601. The van der Waals surface area contributed by atoms with Gasteiger partial charge < -0.3 is 4.74 Å². The van der Waals surface area contributed by atoms with Crippen LogP contribution in [0.2, 0.25) is 0 Å². The van der Waals surface area contributed by atoms with Crippen LogP contribution in [0.1, 0.15) is 13.8 Å². The van der Waals surface area contributed by atoms with Crippen LogP contribution < -0.4 is 0 Å². The predicted octanol–water partition coefficient (Wildman–Crippen LogP) is 0.230. The second kappa shape index (κ2) is 4.45. The molecule has 0 heterocycles. The Morgan fingerprint density at radius 2 is 1.92 bits per heavy atom. The summed E-state index contributed by atoms with van der Waals surface area (Å²) < 4.78 is 25.8. The Balaban J connectivity index is 3.66. The third-order valence-corrected chi connectivity index (χ3v) is 2.08. The molecule has 0 aliphatic rings. The Hall–Kier alpha value is -0.580. The number of carbonyl (C=O) groups is 1. The van der Waals surface area contributed by atoms with Crippen molar-refractivity contribution in [1.82, 2.24) is 0 Å².